The van der Waals surface area contributed by atoms with E-state index in [2.05, 4.69) is 22.0 Å². The van der Waals surface area contributed by atoms with Crippen molar-refractivity contribution in [1.82, 2.24) is 10.3 Å². The van der Waals surface area contributed by atoms with Gasteiger partial charge in [-0.2, -0.15) is 0 Å². The molecular formula is C15H19N3O. The summed E-state index contributed by atoms with van der Waals surface area (Å²) in [6.07, 6.45) is 7.85. The predicted octanol–water partition coefficient (Wildman–Crippen LogP) is 2.53. The van der Waals surface area contributed by atoms with E-state index in [4.69, 9.17) is 0 Å². The number of aliphatic imine (C=N–C) groups is 1. The predicted molar refractivity (Wildman–Crippen MR) is 78.4 cm³/mol. The van der Waals surface area contributed by atoms with Gasteiger partial charge in [-0.3, -0.25) is 14.8 Å². The maximum absolute atomic E-state index is 11.7. The van der Waals surface area contributed by atoms with Crippen molar-refractivity contribution in [3.63, 3.8) is 0 Å². The Morgan fingerprint density at radius 2 is 2.37 bits per heavy atom. The van der Waals surface area contributed by atoms with E-state index in [-0.39, 0.29) is 5.91 Å². The molecule has 0 fully saturated rings. The number of amides is 1. The van der Waals surface area contributed by atoms with Crippen LogP contribution in [0.2, 0.25) is 0 Å². The molecule has 0 radical (unpaired) electrons. The number of hydrogen-bond acceptors (Lipinski definition) is 3. The zero-order valence-electron chi connectivity index (χ0n) is 11.4. The molecule has 4 heteroatoms. The van der Waals surface area contributed by atoms with Crippen molar-refractivity contribution in [2.24, 2.45) is 4.99 Å². The Bertz CT molecular complexity index is 504. The number of carbonyl (C=O) groups excluding carboxylic acids is 1. The molecule has 0 saturated carbocycles. The fraction of sp³-hybridized carbons (Fsp3) is 0.267. The van der Waals surface area contributed by atoms with Gasteiger partial charge in [0.25, 0.3) is 5.91 Å². The molecular weight excluding hydrogens is 238 g/mol. The van der Waals surface area contributed by atoms with Gasteiger partial charge in [0, 0.05) is 36.6 Å². The summed E-state index contributed by atoms with van der Waals surface area (Å²) in [4.78, 5) is 19.8. The molecule has 1 aromatic rings. The normalized spacial score (nSPS) is 11.6. The highest BCUT2D eigenvalue weighted by Gasteiger charge is 2.06. The first-order valence-electron chi connectivity index (χ1n) is 6.22. The lowest BCUT2D eigenvalue weighted by atomic mass is 10.1. The molecule has 0 aliphatic heterocycles. The summed E-state index contributed by atoms with van der Waals surface area (Å²) >= 11 is 0. The molecule has 19 heavy (non-hydrogen) atoms. The summed E-state index contributed by atoms with van der Waals surface area (Å²) in [5.41, 5.74) is 2.45. The van der Waals surface area contributed by atoms with Crippen molar-refractivity contribution in [2.45, 2.75) is 20.3 Å². The highest BCUT2D eigenvalue weighted by atomic mass is 16.1. The van der Waals surface area contributed by atoms with Gasteiger partial charge in [0.15, 0.2) is 0 Å². The Morgan fingerprint density at radius 1 is 1.58 bits per heavy atom. The van der Waals surface area contributed by atoms with Crippen LogP contribution in [-0.4, -0.2) is 24.2 Å². The van der Waals surface area contributed by atoms with Crippen LogP contribution in [-0.2, 0) is 6.42 Å². The average molecular weight is 257 g/mol. The molecule has 0 unspecified atom stereocenters. The minimum Gasteiger partial charge on any atom is -0.352 e. The van der Waals surface area contributed by atoms with Crippen LogP contribution in [0.1, 0.15) is 29.9 Å². The fourth-order valence-electron chi connectivity index (χ4n) is 1.67. The van der Waals surface area contributed by atoms with Crippen LogP contribution < -0.4 is 5.32 Å². The van der Waals surface area contributed by atoms with Gasteiger partial charge in [-0.1, -0.05) is 12.2 Å². The Hall–Kier alpha value is -2.23. The zero-order valence-corrected chi connectivity index (χ0v) is 11.4. The molecule has 0 aliphatic carbocycles. The second-order valence-corrected chi connectivity index (χ2v) is 3.96. The topological polar surface area (TPSA) is 54.4 Å². The Labute approximate surface area is 114 Å². The summed E-state index contributed by atoms with van der Waals surface area (Å²) in [7, 11) is 0. The summed E-state index contributed by atoms with van der Waals surface area (Å²) in [5, 5.41) is 2.77. The van der Waals surface area contributed by atoms with E-state index >= 15 is 0 Å². The van der Waals surface area contributed by atoms with Crippen LogP contribution in [0, 0.1) is 0 Å². The molecule has 0 atom stereocenters. The first-order valence-corrected chi connectivity index (χ1v) is 6.22. The standard InChI is InChI=1S/C15H19N3O/c1-4-6-12(11-16-3)9-14-10-13(7-8-18-14)15(19)17-5-2/h4,6-8,10-11H,3,5,9H2,1-2H3,(H,17,19)/b6-4+,12-11+. The van der Waals surface area contributed by atoms with Crippen molar-refractivity contribution in [2.75, 3.05) is 6.54 Å². The monoisotopic (exact) mass is 257 g/mol. The van der Waals surface area contributed by atoms with Gasteiger partial charge >= 0.3 is 0 Å². The highest BCUT2D eigenvalue weighted by Crippen LogP contribution is 2.09. The Morgan fingerprint density at radius 3 is 3.00 bits per heavy atom. The maximum atomic E-state index is 11.7. The SMILES string of the molecule is C=N/C=C(\C=C\C)Cc1cc(C(=O)NCC)ccn1. The van der Waals surface area contributed by atoms with Crippen LogP contribution in [0.3, 0.4) is 0 Å². The number of hydrogen-bond donors (Lipinski definition) is 1. The molecule has 4 nitrogen and oxygen atoms in total. The maximum Gasteiger partial charge on any atom is 0.251 e. The number of aromatic nitrogens is 1. The minimum atomic E-state index is -0.0791. The van der Waals surface area contributed by atoms with Crippen LogP contribution >= 0.6 is 0 Å². The lowest BCUT2D eigenvalue weighted by molar-refractivity contribution is 0.0955. The lowest BCUT2D eigenvalue weighted by Crippen LogP contribution is -2.22. The molecule has 1 N–H and O–H groups in total. The zero-order chi connectivity index (χ0) is 14.1. The summed E-state index contributed by atoms with van der Waals surface area (Å²) in [6.45, 7) is 7.89. The molecule has 0 spiro atoms. The number of pyridine rings is 1. The van der Waals surface area contributed by atoms with Crippen molar-refractivity contribution >= 4 is 12.6 Å². The molecule has 1 rings (SSSR count). The number of carbonyl (C=O) groups is 1. The van der Waals surface area contributed by atoms with Gasteiger partial charge < -0.3 is 5.32 Å². The molecule has 1 amide bonds. The second-order valence-electron chi connectivity index (χ2n) is 3.96. The summed E-state index contributed by atoms with van der Waals surface area (Å²) in [6, 6.07) is 3.50. The molecule has 0 saturated heterocycles. The van der Waals surface area contributed by atoms with E-state index < -0.39 is 0 Å². The van der Waals surface area contributed by atoms with E-state index in [1.54, 1.807) is 24.5 Å². The van der Waals surface area contributed by atoms with Gasteiger partial charge in [-0.15, -0.1) is 0 Å². The van der Waals surface area contributed by atoms with E-state index in [1.807, 2.05) is 26.0 Å². The molecule has 1 aromatic heterocycles. The third kappa shape index (κ3) is 4.87. The molecule has 100 valence electrons. The summed E-state index contributed by atoms with van der Waals surface area (Å²) < 4.78 is 0. The average Bonchev–Trinajstić information content (AvgIpc) is 2.40. The van der Waals surface area contributed by atoms with Crippen molar-refractivity contribution in [3.8, 4) is 0 Å². The van der Waals surface area contributed by atoms with E-state index in [0.717, 1.165) is 11.3 Å². The molecule has 0 aliphatic rings. The number of nitrogens with zero attached hydrogens (tertiary/aromatic N) is 2. The lowest BCUT2D eigenvalue weighted by Gasteiger charge is -2.05. The van der Waals surface area contributed by atoms with E-state index in [9.17, 15) is 4.79 Å². The highest BCUT2D eigenvalue weighted by molar-refractivity contribution is 5.94. The van der Waals surface area contributed by atoms with E-state index in [0.29, 0.717) is 18.5 Å². The Balaban J connectivity index is 2.90. The minimum absolute atomic E-state index is 0.0791. The number of rotatable bonds is 6. The van der Waals surface area contributed by atoms with Gasteiger partial charge in [-0.05, 0) is 38.3 Å². The second kappa shape index (κ2) is 7.97. The van der Waals surface area contributed by atoms with Crippen LogP contribution in [0.4, 0.5) is 0 Å². The fourth-order valence-corrected chi connectivity index (χ4v) is 1.67. The van der Waals surface area contributed by atoms with E-state index in [1.165, 1.54) is 0 Å². The molecule has 1 heterocycles. The van der Waals surface area contributed by atoms with Gasteiger partial charge in [0.1, 0.15) is 0 Å². The van der Waals surface area contributed by atoms with Crippen LogP contribution in [0.25, 0.3) is 0 Å². The molecule has 0 bridgehead atoms. The largest absolute Gasteiger partial charge is 0.352 e. The van der Waals surface area contributed by atoms with Gasteiger partial charge in [-0.25, -0.2) is 0 Å². The van der Waals surface area contributed by atoms with Crippen molar-refractivity contribution < 1.29 is 4.79 Å². The van der Waals surface area contributed by atoms with Crippen molar-refractivity contribution in [3.05, 3.63) is 53.5 Å². The third-order valence-electron chi connectivity index (χ3n) is 2.44. The first-order chi connectivity index (χ1) is 9.21. The quantitative estimate of drug-likeness (QED) is 0.629. The number of nitrogens with one attached hydrogen (secondary N) is 1. The smallest absolute Gasteiger partial charge is 0.251 e. The van der Waals surface area contributed by atoms with Gasteiger partial charge in [0.05, 0.1) is 0 Å². The van der Waals surface area contributed by atoms with Crippen LogP contribution in [0.5, 0.6) is 0 Å². The molecule has 0 aromatic carbocycles. The van der Waals surface area contributed by atoms with Gasteiger partial charge in [0.2, 0.25) is 0 Å². The van der Waals surface area contributed by atoms with Crippen molar-refractivity contribution in [1.29, 1.82) is 0 Å². The third-order valence-corrected chi connectivity index (χ3v) is 2.44. The van der Waals surface area contributed by atoms with Crippen LogP contribution in [0.15, 0.2) is 47.2 Å². The summed E-state index contributed by atoms with van der Waals surface area (Å²) in [5.74, 6) is -0.0791. The first kappa shape index (κ1) is 14.8. The number of allylic oxidation sites excluding steroid dienone is 3. The Kier molecular flexibility index (Phi) is 6.22.